The van der Waals surface area contributed by atoms with Crippen LogP contribution in [0.2, 0.25) is 5.15 Å². The number of nitrogens with two attached hydrogens (primary N) is 2. The van der Waals surface area contributed by atoms with Crippen molar-refractivity contribution in [1.82, 2.24) is 4.98 Å². The molecule has 6 nitrogen and oxygen atoms in total. The zero-order valence-corrected chi connectivity index (χ0v) is 8.44. The smallest absolute Gasteiger partial charge is 0.333 e. The van der Waals surface area contributed by atoms with Gasteiger partial charge in [-0.15, -0.1) is 0 Å². The number of nitrogens with zero attached hydrogens (tertiary/aromatic N) is 2. The lowest BCUT2D eigenvalue weighted by Gasteiger charge is -2.01. The molecule has 7 heteroatoms. The van der Waals surface area contributed by atoms with Gasteiger partial charge >= 0.3 is 5.97 Å². The highest BCUT2D eigenvalue weighted by Gasteiger charge is 2.03. The molecule has 0 saturated carbocycles. The quantitative estimate of drug-likeness (QED) is 0.326. The molecular formula is C8H9ClN4O2. The summed E-state index contributed by atoms with van der Waals surface area (Å²) in [4.78, 5) is 18.3. The number of aromatic nitrogens is 1. The van der Waals surface area contributed by atoms with Crippen molar-refractivity contribution in [2.24, 2.45) is 16.5 Å². The fourth-order valence-corrected chi connectivity index (χ4v) is 0.854. The SMILES string of the molecule is NC(N)=NCC(=O)Oc1ccc(Cl)nc1. The molecule has 1 aromatic rings. The number of guanidine groups is 1. The van der Waals surface area contributed by atoms with Crippen LogP contribution in [0.15, 0.2) is 23.3 Å². The number of hydrogen-bond donors (Lipinski definition) is 2. The van der Waals surface area contributed by atoms with Crippen molar-refractivity contribution in [3.8, 4) is 5.75 Å². The molecule has 0 bridgehead atoms. The summed E-state index contributed by atoms with van der Waals surface area (Å²) in [6.07, 6.45) is 1.33. The lowest BCUT2D eigenvalue weighted by atomic mass is 10.4. The maximum absolute atomic E-state index is 11.1. The van der Waals surface area contributed by atoms with Gasteiger partial charge in [0.15, 0.2) is 5.96 Å². The van der Waals surface area contributed by atoms with Crippen LogP contribution < -0.4 is 16.2 Å². The van der Waals surface area contributed by atoms with Crippen molar-refractivity contribution in [3.05, 3.63) is 23.5 Å². The Kier molecular flexibility index (Phi) is 3.87. The Bertz CT molecular complexity index is 373. The van der Waals surface area contributed by atoms with E-state index in [1.165, 1.54) is 18.3 Å². The number of esters is 1. The van der Waals surface area contributed by atoms with Crippen molar-refractivity contribution in [2.75, 3.05) is 6.54 Å². The first-order valence-corrected chi connectivity index (χ1v) is 4.33. The van der Waals surface area contributed by atoms with Gasteiger partial charge in [0, 0.05) is 0 Å². The predicted molar refractivity (Wildman–Crippen MR) is 55.6 cm³/mol. The molecule has 0 spiro atoms. The molecular weight excluding hydrogens is 220 g/mol. The van der Waals surface area contributed by atoms with Crippen molar-refractivity contribution in [1.29, 1.82) is 0 Å². The third-order valence-electron chi connectivity index (χ3n) is 1.32. The van der Waals surface area contributed by atoms with E-state index in [9.17, 15) is 4.79 Å². The van der Waals surface area contributed by atoms with Gasteiger partial charge in [0.1, 0.15) is 17.4 Å². The molecule has 0 aliphatic carbocycles. The molecule has 0 fully saturated rings. The van der Waals surface area contributed by atoms with Gasteiger partial charge in [0.25, 0.3) is 0 Å². The Labute approximate surface area is 90.9 Å². The third-order valence-corrected chi connectivity index (χ3v) is 1.55. The van der Waals surface area contributed by atoms with Crippen LogP contribution >= 0.6 is 11.6 Å². The summed E-state index contributed by atoms with van der Waals surface area (Å²) >= 11 is 5.54. The van der Waals surface area contributed by atoms with Crippen LogP contribution in [-0.4, -0.2) is 23.5 Å². The average Bonchev–Trinajstić information content (AvgIpc) is 2.19. The number of aliphatic imine (C=N–C) groups is 1. The molecule has 4 N–H and O–H groups in total. The first kappa shape index (κ1) is 11.3. The predicted octanol–water partition coefficient (Wildman–Crippen LogP) is -0.0862. The molecule has 1 aromatic heterocycles. The second-order valence-electron chi connectivity index (χ2n) is 2.53. The molecule has 0 atom stereocenters. The molecule has 0 saturated heterocycles. The number of pyridine rings is 1. The van der Waals surface area contributed by atoms with E-state index in [2.05, 4.69) is 9.98 Å². The minimum atomic E-state index is -0.576. The fourth-order valence-electron chi connectivity index (χ4n) is 0.742. The van der Waals surface area contributed by atoms with Crippen LogP contribution in [0.3, 0.4) is 0 Å². The molecule has 80 valence electrons. The molecule has 0 radical (unpaired) electrons. The molecule has 0 amide bonds. The van der Waals surface area contributed by atoms with Gasteiger partial charge in [0.2, 0.25) is 0 Å². The summed E-state index contributed by atoms with van der Waals surface area (Å²) < 4.78 is 4.84. The minimum Gasteiger partial charge on any atom is -0.424 e. The van der Waals surface area contributed by atoms with Gasteiger partial charge in [-0.3, -0.25) is 0 Å². The highest BCUT2D eigenvalue weighted by molar-refractivity contribution is 6.29. The van der Waals surface area contributed by atoms with Gasteiger partial charge in [0.05, 0.1) is 6.20 Å². The number of rotatable bonds is 3. The van der Waals surface area contributed by atoms with E-state index in [0.29, 0.717) is 5.15 Å². The average molecular weight is 229 g/mol. The highest BCUT2D eigenvalue weighted by Crippen LogP contribution is 2.11. The lowest BCUT2D eigenvalue weighted by molar-refractivity contribution is -0.132. The maximum atomic E-state index is 11.1. The summed E-state index contributed by atoms with van der Waals surface area (Å²) in [6.45, 7) is -0.231. The Balaban J connectivity index is 2.51. The van der Waals surface area contributed by atoms with Gasteiger partial charge in [-0.25, -0.2) is 14.8 Å². The van der Waals surface area contributed by atoms with Crippen molar-refractivity contribution in [2.45, 2.75) is 0 Å². The van der Waals surface area contributed by atoms with E-state index in [0.717, 1.165) is 0 Å². The van der Waals surface area contributed by atoms with E-state index < -0.39 is 5.97 Å². The van der Waals surface area contributed by atoms with Gasteiger partial charge in [-0.1, -0.05) is 11.6 Å². The number of ether oxygens (including phenoxy) is 1. The Morgan fingerprint density at radius 1 is 1.53 bits per heavy atom. The fraction of sp³-hybridized carbons (Fsp3) is 0.125. The number of carbonyl (C=O) groups excluding carboxylic acids is 1. The van der Waals surface area contributed by atoms with E-state index in [1.54, 1.807) is 0 Å². The second-order valence-corrected chi connectivity index (χ2v) is 2.92. The molecule has 0 aromatic carbocycles. The molecule has 0 aliphatic rings. The largest absolute Gasteiger partial charge is 0.424 e. The summed E-state index contributed by atoms with van der Waals surface area (Å²) in [5.41, 5.74) is 10.1. The first-order chi connectivity index (χ1) is 7.08. The van der Waals surface area contributed by atoms with E-state index >= 15 is 0 Å². The molecule has 15 heavy (non-hydrogen) atoms. The Morgan fingerprint density at radius 3 is 2.80 bits per heavy atom. The summed E-state index contributed by atoms with van der Waals surface area (Å²) in [6, 6.07) is 3.02. The van der Waals surface area contributed by atoms with E-state index in [-0.39, 0.29) is 18.3 Å². The van der Waals surface area contributed by atoms with Crippen LogP contribution in [-0.2, 0) is 4.79 Å². The molecule has 0 unspecified atom stereocenters. The number of carbonyl (C=O) groups is 1. The monoisotopic (exact) mass is 228 g/mol. The van der Waals surface area contributed by atoms with Gasteiger partial charge in [-0.05, 0) is 12.1 Å². The molecule has 1 rings (SSSR count). The number of halogens is 1. The molecule has 0 aliphatic heterocycles. The zero-order valence-electron chi connectivity index (χ0n) is 7.68. The first-order valence-electron chi connectivity index (χ1n) is 3.95. The second kappa shape index (κ2) is 5.16. The molecule has 1 heterocycles. The van der Waals surface area contributed by atoms with E-state index in [1.807, 2.05) is 0 Å². The Morgan fingerprint density at radius 2 is 2.27 bits per heavy atom. The van der Waals surface area contributed by atoms with Crippen LogP contribution in [0.4, 0.5) is 0 Å². The van der Waals surface area contributed by atoms with Crippen LogP contribution in [0.1, 0.15) is 0 Å². The summed E-state index contributed by atoms with van der Waals surface area (Å²) in [5.74, 6) is -0.455. The van der Waals surface area contributed by atoms with E-state index in [4.69, 9.17) is 27.8 Å². The van der Waals surface area contributed by atoms with Gasteiger partial charge in [-0.2, -0.15) is 0 Å². The zero-order chi connectivity index (χ0) is 11.3. The van der Waals surface area contributed by atoms with Crippen LogP contribution in [0, 0.1) is 0 Å². The normalized spacial score (nSPS) is 9.40. The maximum Gasteiger partial charge on any atom is 0.333 e. The third kappa shape index (κ3) is 4.28. The van der Waals surface area contributed by atoms with Crippen LogP contribution in [0.25, 0.3) is 0 Å². The van der Waals surface area contributed by atoms with Crippen molar-refractivity contribution < 1.29 is 9.53 Å². The summed E-state index contributed by atoms with van der Waals surface area (Å²) in [7, 11) is 0. The number of hydrogen-bond acceptors (Lipinski definition) is 4. The van der Waals surface area contributed by atoms with Crippen molar-refractivity contribution in [3.63, 3.8) is 0 Å². The minimum absolute atomic E-state index is 0.166. The highest BCUT2D eigenvalue weighted by atomic mass is 35.5. The Hall–Kier alpha value is -1.82. The lowest BCUT2D eigenvalue weighted by Crippen LogP contribution is -2.25. The van der Waals surface area contributed by atoms with Crippen LogP contribution in [0.5, 0.6) is 5.75 Å². The van der Waals surface area contributed by atoms with Crippen molar-refractivity contribution >= 4 is 23.5 Å². The van der Waals surface area contributed by atoms with Gasteiger partial charge < -0.3 is 16.2 Å². The topological polar surface area (TPSA) is 104 Å². The standard InChI is InChI=1S/C8H9ClN4O2/c9-6-2-1-5(3-12-6)15-7(14)4-13-8(10)11/h1-3H,4H2,(H4,10,11,13). The summed E-state index contributed by atoms with van der Waals surface area (Å²) in [5, 5.41) is 0.319.